The molecule has 65 heavy (non-hydrogen) atoms. The van der Waals surface area contributed by atoms with E-state index < -0.39 is 6.10 Å². The molecule has 0 aliphatic heterocycles. The van der Waals surface area contributed by atoms with E-state index in [0.29, 0.717) is 19.3 Å². The summed E-state index contributed by atoms with van der Waals surface area (Å²) in [6.45, 7) is 6.47. The lowest BCUT2D eigenvalue weighted by molar-refractivity contribution is -0.167. The summed E-state index contributed by atoms with van der Waals surface area (Å²) in [5.41, 5.74) is 0. The Labute approximate surface area is 401 Å². The van der Waals surface area contributed by atoms with Crippen molar-refractivity contribution in [2.24, 2.45) is 0 Å². The molecule has 0 bridgehead atoms. The van der Waals surface area contributed by atoms with Crippen molar-refractivity contribution >= 4 is 17.9 Å². The smallest absolute Gasteiger partial charge is 0.306 e. The molecule has 0 radical (unpaired) electrons. The molecular weight excluding hydrogens is 805 g/mol. The van der Waals surface area contributed by atoms with E-state index in [1.54, 1.807) is 0 Å². The highest BCUT2D eigenvalue weighted by atomic mass is 16.6. The lowest BCUT2D eigenvalue weighted by Gasteiger charge is -2.18. The van der Waals surface area contributed by atoms with Crippen LogP contribution in [0.1, 0.15) is 252 Å². The van der Waals surface area contributed by atoms with Gasteiger partial charge in [0.15, 0.2) is 6.10 Å². The maximum atomic E-state index is 12.7. The molecule has 0 spiro atoms. The zero-order chi connectivity index (χ0) is 47.2. The minimum absolute atomic E-state index is 0.0802. The van der Waals surface area contributed by atoms with Crippen molar-refractivity contribution in [3.63, 3.8) is 0 Å². The van der Waals surface area contributed by atoms with Crippen LogP contribution >= 0.6 is 0 Å². The molecule has 1 atom stereocenters. The Bertz CT molecular complexity index is 1270. The Morgan fingerprint density at radius 2 is 0.600 bits per heavy atom. The van der Waals surface area contributed by atoms with E-state index in [0.717, 1.165) is 122 Å². The van der Waals surface area contributed by atoms with Crippen LogP contribution in [0.2, 0.25) is 0 Å². The van der Waals surface area contributed by atoms with Gasteiger partial charge in [-0.3, -0.25) is 14.4 Å². The van der Waals surface area contributed by atoms with Gasteiger partial charge in [-0.05, 0) is 77.0 Å². The van der Waals surface area contributed by atoms with Gasteiger partial charge in [0.05, 0.1) is 0 Å². The van der Waals surface area contributed by atoms with Crippen LogP contribution in [0.4, 0.5) is 0 Å². The van der Waals surface area contributed by atoms with Gasteiger partial charge in [0.25, 0.3) is 0 Å². The largest absolute Gasteiger partial charge is 0.462 e. The Morgan fingerprint density at radius 1 is 0.323 bits per heavy atom. The predicted octanol–water partition coefficient (Wildman–Crippen LogP) is 18.0. The lowest BCUT2D eigenvalue weighted by atomic mass is 10.0. The third-order valence-electron chi connectivity index (χ3n) is 11.4. The Hall–Kier alpha value is -3.41. The van der Waals surface area contributed by atoms with Crippen molar-refractivity contribution in [2.45, 2.75) is 258 Å². The zero-order valence-corrected chi connectivity index (χ0v) is 42.5. The molecule has 0 aromatic carbocycles. The number of allylic oxidation sites excluding steroid dienone is 14. The quantitative estimate of drug-likeness (QED) is 0.0262. The molecule has 372 valence electrons. The fourth-order valence-corrected chi connectivity index (χ4v) is 7.36. The SMILES string of the molecule is CC/C=C\C/C=C\C/C=C\C/C=C\C/C=C\C/C=C\C/C=C\CCCCCCCC(=O)OCC(COC(=O)CCCCCCCCCC)OC(=O)CCCCCCCCCCCCCC. The summed E-state index contributed by atoms with van der Waals surface area (Å²) < 4.78 is 16.7. The predicted molar refractivity (Wildman–Crippen MR) is 279 cm³/mol. The fraction of sp³-hybridized carbons (Fsp3) is 0.712. The standard InChI is InChI=1S/C59H100O6/c1-4-7-10-13-16-19-21-23-24-25-26-27-28-29-30-31-32-33-34-35-36-37-39-40-43-46-49-52-58(61)64-55-56(54-63-57(60)51-48-45-42-18-15-12-9-6-3)65-59(62)53-50-47-44-41-38-22-20-17-14-11-8-5-2/h7,10,16,19,23-24,26-27,29-30,32-33,35-36,56H,4-6,8-9,11-15,17-18,20-22,25,28,31,34,37-55H2,1-3H3/b10-7-,19-16-,24-23-,27-26-,30-29-,33-32-,36-35-. The van der Waals surface area contributed by atoms with Gasteiger partial charge in [-0.1, -0.05) is 241 Å². The Kier molecular flexibility index (Phi) is 50.4. The summed E-state index contributed by atoms with van der Waals surface area (Å²) in [6, 6.07) is 0. The summed E-state index contributed by atoms with van der Waals surface area (Å²) >= 11 is 0. The van der Waals surface area contributed by atoms with Crippen molar-refractivity contribution in [2.75, 3.05) is 13.2 Å². The summed E-state index contributed by atoms with van der Waals surface area (Å²) in [5.74, 6) is -0.903. The summed E-state index contributed by atoms with van der Waals surface area (Å²) in [7, 11) is 0. The minimum atomic E-state index is -0.779. The van der Waals surface area contributed by atoms with Gasteiger partial charge in [0, 0.05) is 19.3 Å². The Morgan fingerprint density at radius 3 is 0.938 bits per heavy atom. The molecule has 0 N–H and O–H groups in total. The van der Waals surface area contributed by atoms with Crippen LogP contribution in [-0.2, 0) is 28.6 Å². The van der Waals surface area contributed by atoms with E-state index >= 15 is 0 Å². The second-order valence-electron chi connectivity index (χ2n) is 17.8. The first kappa shape index (κ1) is 61.6. The molecule has 0 aliphatic rings. The van der Waals surface area contributed by atoms with Crippen LogP contribution < -0.4 is 0 Å². The molecule has 0 rings (SSSR count). The molecule has 0 saturated heterocycles. The van der Waals surface area contributed by atoms with Gasteiger partial charge in [-0.25, -0.2) is 0 Å². The third kappa shape index (κ3) is 51.4. The van der Waals surface area contributed by atoms with Gasteiger partial charge >= 0.3 is 17.9 Å². The van der Waals surface area contributed by atoms with E-state index in [9.17, 15) is 14.4 Å². The van der Waals surface area contributed by atoms with E-state index in [2.05, 4.69) is 106 Å². The molecule has 1 unspecified atom stereocenters. The van der Waals surface area contributed by atoms with Crippen LogP contribution in [0.25, 0.3) is 0 Å². The average Bonchev–Trinajstić information content (AvgIpc) is 3.30. The summed E-state index contributed by atoms with van der Waals surface area (Å²) in [6.07, 6.45) is 68.7. The van der Waals surface area contributed by atoms with E-state index in [-0.39, 0.29) is 31.1 Å². The van der Waals surface area contributed by atoms with Crippen LogP contribution in [0.3, 0.4) is 0 Å². The third-order valence-corrected chi connectivity index (χ3v) is 11.4. The van der Waals surface area contributed by atoms with Crippen molar-refractivity contribution in [3.8, 4) is 0 Å². The van der Waals surface area contributed by atoms with Crippen molar-refractivity contribution in [1.82, 2.24) is 0 Å². The highest BCUT2D eigenvalue weighted by Crippen LogP contribution is 2.15. The van der Waals surface area contributed by atoms with Crippen LogP contribution in [-0.4, -0.2) is 37.2 Å². The number of unbranched alkanes of at least 4 members (excludes halogenated alkanes) is 23. The van der Waals surface area contributed by atoms with Crippen LogP contribution in [0.5, 0.6) is 0 Å². The lowest BCUT2D eigenvalue weighted by Crippen LogP contribution is -2.30. The molecule has 0 aromatic rings. The molecule has 0 amide bonds. The number of hydrogen-bond acceptors (Lipinski definition) is 6. The van der Waals surface area contributed by atoms with Gasteiger partial charge in [0.2, 0.25) is 0 Å². The van der Waals surface area contributed by atoms with Gasteiger partial charge < -0.3 is 14.2 Å². The monoisotopic (exact) mass is 905 g/mol. The summed E-state index contributed by atoms with van der Waals surface area (Å²) in [5, 5.41) is 0. The van der Waals surface area contributed by atoms with Gasteiger partial charge in [-0.15, -0.1) is 0 Å². The molecule has 0 fully saturated rings. The minimum Gasteiger partial charge on any atom is -0.462 e. The number of rotatable bonds is 48. The number of esters is 3. The molecular formula is C59H100O6. The van der Waals surface area contributed by atoms with Crippen LogP contribution in [0.15, 0.2) is 85.1 Å². The topological polar surface area (TPSA) is 78.9 Å². The molecule has 6 nitrogen and oxygen atoms in total. The fourth-order valence-electron chi connectivity index (χ4n) is 7.36. The number of hydrogen-bond donors (Lipinski definition) is 0. The highest BCUT2D eigenvalue weighted by molar-refractivity contribution is 5.71. The molecule has 0 heterocycles. The normalized spacial score (nSPS) is 12.7. The van der Waals surface area contributed by atoms with Crippen molar-refractivity contribution in [3.05, 3.63) is 85.1 Å². The van der Waals surface area contributed by atoms with Gasteiger partial charge in [-0.2, -0.15) is 0 Å². The first-order valence-electron chi connectivity index (χ1n) is 27.1. The van der Waals surface area contributed by atoms with E-state index in [1.165, 1.54) is 89.9 Å². The van der Waals surface area contributed by atoms with Crippen molar-refractivity contribution in [1.29, 1.82) is 0 Å². The average molecular weight is 905 g/mol. The maximum absolute atomic E-state index is 12.7. The van der Waals surface area contributed by atoms with E-state index in [4.69, 9.17) is 14.2 Å². The first-order chi connectivity index (χ1) is 32.0. The zero-order valence-electron chi connectivity index (χ0n) is 42.5. The maximum Gasteiger partial charge on any atom is 0.306 e. The molecule has 6 heteroatoms. The molecule has 0 aliphatic carbocycles. The van der Waals surface area contributed by atoms with Crippen molar-refractivity contribution < 1.29 is 28.6 Å². The highest BCUT2D eigenvalue weighted by Gasteiger charge is 2.19. The van der Waals surface area contributed by atoms with Gasteiger partial charge in [0.1, 0.15) is 13.2 Å². The van der Waals surface area contributed by atoms with Crippen LogP contribution in [0, 0.1) is 0 Å². The number of ether oxygens (including phenoxy) is 3. The second-order valence-corrected chi connectivity index (χ2v) is 17.8. The van der Waals surface area contributed by atoms with E-state index in [1.807, 2.05) is 0 Å². The Balaban J connectivity index is 4.24. The summed E-state index contributed by atoms with van der Waals surface area (Å²) in [4.78, 5) is 37.8. The molecule has 0 saturated carbocycles. The first-order valence-corrected chi connectivity index (χ1v) is 27.1. The second kappa shape index (κ2) is 53.2. The number of carbonyl (C=O) groups excluding carboxylic acids is 3. The number of carbonyl (C=O) groups is 3. The molecule has 0 aromatic heterocycles.